The highest BCUT2D eigenvalue weighted by Gasteiger charge is 2.36. The van der Waals surface area contributed by atoms with Gasteiger partial charge in [0, 0.05) is 68.3 Å². The predicted octanol–water partition coefficient (Wildman–Crippen LogP) is 4.17. The number of allylic oxidation sites excluding steroid dienone is 6. The molecule has 0 amide bonds. The summed E-state index contributed by atoms with van der Waals surface area (Å²) in [5, 5.41) is 6.71. The molecule has 2 aliphatic heterocycles. The average Bonchev–Trinajstić information content (AvgIpc) is 3.02. The van der Waals surface area contributed by atoms with Crippen LogP contribution in [0.3, 0.4) is 0 Å². The van der Waals surface area contributed by atoms with E-state index >= 15 is 0 Å². The summed E-state index contributed by atoms with van der Waals surface area (Å²) in [4.78, 5) is 16.8. The van der Waals surface area contributed by atoms with Crippen molar-refractivity contribution >= 4 is 11.8 Å². The molecule has 2 atom stereocenters. The fraction of sp³-hybridized carbons (Fsp3) is 0.517. The molecule has 0 saturated carbocycles. The molecule has 1 aromatic rings. The molecule has 37 heavy (non-hydrogen) atoms. The second-order valence-corrected chi connectivity index (χ2v) is 9.84. The summed E-state index contributed by atoms with van der Waals surface area (Å²) in [7, 11) is 4.14. The lowest BCUT2D eigenvalue weighted by Crippen LogP contribution is -2.35. The lowest BCUT2D eigenvalue weighted by atomic mass is 10.0. The Bertz CT molecular complexity index is 1020. The molecule has 1 fully saturated rings. The number of hydrogen-bond acceptors (Lipinski definition) is 8. The van der Waals surface area contributed by atoms with Gasteiger partial charge in [0.25, 0.3) is 0 Å². The Kier molecular flexibility index (Phi) is 10.8. The van der Waals surface area contributed by atoms with Crippen LogP contribution >= 0.6 is 0 Å². The SMILES string of the molecule is C=C/C(=C\C=C(/CCC)N1CCCN(C)CC1)Nc1ncc2c(n1)N(/C(=C/C=C\CN)NC)[C@H](C)C2C. The minimum atomic E-state index is 0.242. The van der Waals surface area contributed by atoms with E-state index in [0.29, 0.717) is 18.4 Å². The van der Waals surface area contributed by atoms with E-state index in [1.165, 1.54) is 12.1 Å². The van der Waals surface area contributed by atoms with E-state index in [4.69, 9.17) is 10.7 Å². The lowest BCUT2D eigenvalue weighted by Gasteiger charge is -2.27. The fourth-order valence-electron chi connectivity index (χ4n) is 4.90. The summed E-state index contributed by atoms with van der Waals surface area (Å²) >= 11 is 0. The number of nitrogens with zero attached hydrogens (tertiary/aromatic N) is 5. The molecule has 0 spiro atoms. The number of likely N-dealkylation sites (N-methyl/N-ethyl adjacent to an activating group) is 1. The molecule has 3 rings (SSSR count). The first-order valence-corrected chi connectivity index (χ1v) is 13.6. The molecule has 0 radical (unpaired) electrons. The quantitative estimate of drug-likeness (QED) is 0.386. The minimum absolute atomic E-state index is 0.242. The molecular formula is C29H46N8. The largest absolute Gasteiger partial charge is 0.374 e. The molecule has 3 heterocycles. The van der Waals surface area contributed by atoms with Crippen LogP contribution in [0.25, 0.3) is 0 Å². The predicted molar refractivity (Wildman–Crippen MR) is 156 cm³/mol. The van der Waals surface area contributed by atoms with Crippen LogP contribution in [-0.2, 0) is 0 Å². The van der Waals surface area contributed by atoms with E-state index in [1.807, 2.05) is 37.5 Å². The molecule has 1 saturated heterocycles. The van der Waals surface area contributed by atoms with E-state index in [9.17, 15) is 0 Å². The molecule has 1 aromatic heterocycles. The highest BCUT2D eigenvalue weighted by molar-refractivity contribution is 5.62. The van der Waals surface area contributed by atoms with Gasteiger partial charge in [0.05, 0.1) is 0 Å². The van der Waals surface area contributed by atoms with E-state index in [-0.39, 0.29) is 6.04 Å². The maximum Gasteiger partial charge on any atom is 0.229 e. The molecule has 0 bridgehead atoms. The third-order valence-corrected chi connectivity index (χ3v) is 7.25. The Hall–Kier alpha value is -3.10. The van der Waals surface area contributed by atoms with Crippen molar-refractivity contribution < 1.29 is 0 Å². The van der Waals surface area contributed by atoms with Gasteiger partial charge in [-0.15, -0.1) is 0 Å². The summed E-state index contributed by atoms with van der Waals surface area (Å²) in [6.45, 7) is 15.6. The van der Waals surface area contributed by atoms with E-state index in [0.717, 1.165) is 61.9 Å². The van der Waals surface area contributed by atoms with Crippen molar-refractivity contribution in [3.8, 4) is 0 Å². The van der Waals surface area contributed by atoms with Crippen LogP contribution in [0.4, 0.5) is 11.8 Å². The molecular weight excluding hydrogens is 460 g/mol. The molecule has 2 aliphatic rings. The van der Waals surface area contributed by atoms with Gasteiger partial charge >= 0.3 is 0 Å². The minimum Gasteiger partial charge on any atom is -0.374 e. The molecule has 4 N–H and O–H groups in total. The number of rotatable bonds is 11. The van der Waals surface area contributed by atoms with E-state index in [1.54, 1.807) is 0 Å². The van der Waals surface area contributed by atoms with Crippen molar-refractivity contribution in [1.82, 2.24) is 25.1 Å². The number of hydrogen-bond donors (Lipinski definition) is 3. The molecule has 1 unspecified atom stereocenters. The van der Waals surface area contributed by atoms with E-state index < -0.39 is 0 Å². The Morgan fingerprint density at radius 2 is 2.00 bits per heavy atom. The normalized spacial score (nSPS) is 21.8. The molecule has 8 heteroatoms. The first-order valence-electron chi connectivity index (χ1n) is 13.6. The summed E-state index contributed by atoms with van der Waals surface area (Å²) in [5.74, 6) is 2.76. The van der Waals surface area contributed by atoms with Gasteiger partial charge < -0.3 is 31.1 Å². The van der Waals surface area contributed by atoms with Crippen LogP contribution in [-0.4, -0.2) is 72.6 Å². The van der Waals surface area contributed by atoms with Crippen LogP contribution in [0.2, 0.25) is 0 Å². The zero-order chi connectivity index (χ0) is 26.8. The summed E-state index contributed by atoms with van der Waals surface area (Å²) in [5.41, 5.74) is 9.02. The lowest BCUT2D eigenvalue weighted by molar-refractivity contribution is 0.319. The van der Waals surface area contributed by atoms with Crippen molar-refractivity contribution in [2.24, 2.45) is 5.73 Å². The third kappa shape index (κ3) is 7.23. The highest BCUT2D eigenvalue weighted by Crippen LogP contribution is 2.41. The number of nitrogens with two attached hydrogens (primary N) is 1. The van der Waals surface area contributed by atoms with Gasteiger partial charge in [0.1, 0.15) is 11.6 Å². The van der Waals surface area contributed by atoms with Crippen LogP contribution < -0.4 is 21.3 Å². The summed E-state index contributed by atoms with van der Waals surface area (Å²) < 4.78 is 0. The van der Waals surface area contributed by atoms with Gasteiger partial charge in [-0.2, -0.15) is 4.98 Å². The van der Waals surface area contributed by atoms with Crippen LogP contribution in [0.5, 0.6) is 0 Å². The molecule has 8 nitrogen and oxygen atoms in total. The number of anilines is 2. The van der Waals surface area contributed by atoms with Crippen LogP contribution in [0.15, 0.2) is 66.4 Å². The second-order valence-electron chi connectivity index (χ2n) is 9.84. The first-order chi connectivity index (χ1) is 17.9. The monoisotopic (exact) mass is 506 g/mol. The third-order valence-electron chi connectivity index (χ3n) is 7.25. The van der Waals surface area contributed by atoms with Gasteiger partial charge in [0.15, 0.2) is 0 Å². The Labute approximate surface area is 223 Å². The van der Waals surface area contributed by atoms with Gasteiger partial charge in [0.2, 0.25) is 5.95 Å². The van der Waals surface area contributed by atoms with Gasteiger partial charge in [-0.25, -0.2) is 4.98 Å². The second kappa shape index (κ2) is 14.0. The maximum atomic E-state index is 5.63. The smallest absolute Gasteiger partial charge is 0.229 e. The Morgan fingerprint density at radius 1 is 1.19 bits per heavy atom. The van der Waals surface area contributed by atoms with Crippen molar-refractivity contribution in [3.05, 3.63) is 72.0 Å². The fourth-order valence-corrected chi connectivity index (χ4v) is 4.90. The maximum absolute atomic E-state index is 5.63. The molecule has 0 aromatic carbocycles. The Balaban J connectivity index is 1.86. The average molecular weight is 507 g/mol. The standard InChI is InChI=1S/C29H46N8/c1-7-12-25(36-18-11-17-35(6)19-20-36)15-14-24(8-2)33-29-32-21-26-22(3)23(4)37(28(26)34-29)27(31-5)13-9-10-16-30/h8-10,13-15,21-23,31H,2,7,11-12,16-20,30H2,1,3-6H3,(H,32,33,34)/b10-9-,24-14+,25-15+,27-13+/t22?,23-/m1/s1. The number of fused-ring (bicyclic) bond motifs is 1. The zero-order valence-corrected chi connectivity index (χ0v) is 23.4. The Morgan fingerprint density at radius 3 is 2.70 bits per heavy atom. The number of aromatic nitrogens is 2. The van der Waals surface area contributed by atoms with Gasteiger partial charge in [-0.1, -0.05) is 39.0 Å². The van der Waals surface area contributed by atoms with Gasteiger partial charge in [-0.05, 0) is 57.7 Å². The van der Waals surface area contributed by atoms with Gasteiger partial charge in [-0.3, -0.25) is 0 Å². The van der Waals surface area contributed by atoms with Crippen LogP contribution in [0, 0.1) is 0 Å². The zero-order valence-electron chi connectivity index (χ0n) is 23.4. The summed E-state index contributed by atoms with van der Waals surface area (Å²) in [6.07, 6.45) is 17.4. The van der Waals surface area contributed by atoms with Crippen molar-refractivity contribution in [1.29, 1.82) is 0 Å². The van der Waals surface area contributed by atoms with Crippen LogP contribution in [0.1, 0.15) is 51.5 Å². The van der Waals surface area contributed by atoms with E-state index in [2.05, 4.69) is 76.9 Å². The highest BCUT2D eigenvalue weighted by atomic mass is 15.3. The van der Waals surface area contributed by atoms with Crippen molar-refractivity contribution in [2.75, 3.05) is 57.0 Å². The number of nitrogens with one attached hydrogen (secondary N) is 2. The molecule has 0 aliphatic carbocycles. The summed E-state index contributed by atoms with van der Waals surface area (Å²) in [6, 6.07) is 0.242. The first kappa shape index (κ1) is 28.5. The van der Waals surface area contributed by atoms with Crippen molar-refractivity contribution in [3.63, 3.8) is 0 Å². The molecule has 202 valence electrons. The topological polar surface area (TPSA) is 85.6 Å². The van der Waals surface area contributed by atoms with Crippen molar-refractivity contribution in [2.45, 2.75) is 52.0 Å².